The Morgan fingerprint density at radius 2 is 2.35 bits per heavy atom. The zero-order valence-electron chi connectivity index (χ0n) is 9.17. The predicted octanol–water partition coefficient (Wildman–Crippen LogP) is 0.285. The summed E-state index contributed by atoms with van der Waals surface area (Å²) in [6.07, 6.45) is 1.41. The lowest BCUT2D eigenvalue weighted by molar-refractivity contribution is 0.0946. The van der Waals surface area contributed by atoms with Crippen LogP contribution < -0.4 is 11.1 Å². The monoisotopic (exact) mass is 233 g/mol. The van der Waals surface area contributed by atoms with E-state index in [0.717, 1.165) is 0 Å². The number of anilines is 1. The number of nitrogens with two attached hydrogens (primary N) is 1. The first-order chi connectivity index (χ1) is 8.15. The molecule has 0 atom stereocenters. The van der Waals surface area contributed by atoms with Crippen molar-refractivity contribution in [2.24, 2.45) is 0 Å². The maximum absolute atomic E-state index is 11.7. The maximum atomic E-state index is 11.7. The van der Waals surface area contributed by atoms with Gasteiger partial charge < -0.3 is 15.6 Å². The summed E-state index contributed by atoms with van der Waals surface area (Å²) in [7, 11) is 0. The minimum atomic E-state index is -0.270. The fraction of sp³-hybridized carbons (Fsp3) is 0.200. The van der Waals surface area contributed by atoms with E-state index >= 15 is 0 Å². The Morgan fingerprint density at radius 1 is 1.53 bits per heavy atom. The molecule has 0 spiro atoms. The fourth-order valence-corrected chi connectivity index (χ4v) is 1.21. The van der Waals surface area contributed by atoms with E-state index < -0.39 is 0 Å². The quantitative estimate of drug-likeness (QED) is 0.788. The summed E-state index contributed by atoms with van der Waals surface area (Å²) in [6, 6.07) is 3.16. The SMILES string of the molecule is Cc1noc(CNC(=O)c2ccc(N)nc2)n1. The van der Waals surface area contributed by atoms with Crippen molar-refractivity contribution >= 4 is 11.7 Å². The van der Waals surface area contributed by atoms with Crippen LogP contribution >= 0.6 is 0 Å². The molecule has 2 aromatic rings. The largest absolute Gasteiger partial charge is 0.384 e. The van der Waals surface area contributed by atoms with Gasteiger partial charge in [0.25, 0.3) is 5.91 Å². The summed E-state index contributed by atoms with van der Waals surface area (Å²) in [5.41, 5.74) is 5.84. The molecular formula is C10H11N5O2. The first-order valence-electron chi connectivity index (χ1n) is 4.94. The summed E-state index contributed by atoms with van der Waals surface area (Å²) >= 11 is 0. The van der Waals surface area contributed by atoms with Crippen molar-refractivity contribution in [1.29, 1.82) is 0 Å². The van der Waals surface area contributed by atoms with Gasteiger partial charge >= 0.3 is 0 Å². The van der Waals surface area contributed by atoms with Gasteiger partial charge in [-0.15, -0.1) is 0 Å². The van der Waals surface area contributed by atoms with Gasteiger partial charge in [0.2, 0.25) is 5.89 Å². The summed E-state index contributed by atoms with van der Waals surface area (Å²) in [5.74, 6) is 0.991. The van der Waals surface area contributed by atoms with Crippen LogP contribution in [0.4, 0.5) is 5.82 Å². The van der Waals surface area contributed by atoms with Crippen molar-refractivity contribution in [2.45, 2.75) is 13.5 Å². The number of amides is 1. The molecule has 17 heavy (non-hydrogen) atoms. The van der Waals surface area contributed by atoms with Crippen LogP contribution in [0.15, 0.2) is 22.9 Å². The fourth-order valence-electron chi connectivity index (χ4n) is 1.21. The lowest BCUT2D eigenvalue weighted by Gasteiger charge is -2.01. The van der Waals surface area contributed by atoms with Gasteiger partial charge in [0.15, 0.2) is 5.82 Å². The van der Waals surface area contributed by atoms with Crippen molar-refractivity contribution in [3.05, 3.63) is 35.6 Å². The summed E-state index contributed by atoms with van der Waals surface area (Å²) in [6.45, 7) is 1.89. The van der Waals surface area contributed by atoms with E-state index in [2.05, 4.69) is 20.4 Å². The van der Waals surface area contributed by atoms with Crippen molar-refractivity contribution in [3.63, 3.8) is 0 Å². The van der Waals surface area contributed by atoms with Gasteiger partial charge in [-0.25, -0.2) is 4.98 Å². The third-order valence-corrected chi connectivity index (χ3v) is 2.02. The van der Waals surface area contributed by atoms with Crippen LogP contribution in [0.5, 0.6) is 0 Å². The second-order valence-corrected chi connectivity index (χ2v) is 3.39. The lowest BCUT2D eigenvalue weighted by atomic mass is 10.2. The van der Waals surface area contributed by atoms with Gasteiger partial charge in [0, 0.05) is 6.20 Å². The smallest absolute Gasteiger partial charge is 0.253 e. The average molecular weight is 233 g/mol. The Bertz CT molecular complexity index is 520. The number of nitrogens with one attached hydrogen (secondary N) is 1. The number of aromatic nitrogens is 3. The topological polar surface area (TPSA) is 107 Å². The van der Waals surface area contributed by atoms with E-state index in [1.165, 1.54) is 6.20 Å². The van der Waals surface area contributed by atoms with Crippen LogP contribution in [0.1, 0.15) is 22.1 Å². The molecule has 0 aliphatic carbocycles. The normalized spacial score (nSPS) is 10.2. The Hall–Kier alpha value is -2.44. The molecule has 0 aliphatic rings. The van der Waals surface area contributed by atoms with E-state index in [-0.39, 0.29) is 12.5 Å². The number of hydrogen-bond donors (Lipinski definition) is 2. The van der Waals surface area contributed by atoms with Gasteiger partial charge in [-0.2, -0.15) is 4.98 Å². The second kappa shape index (κ2) is 4.60. The number of nitrogen functional groups attached to an aromatic ring is 1. The molecule has 0 unspecified atom stereocenters. The van der Waals surface area contributed by atoms with Gasteiger partial charge in [0.05, 0.1) is 12.1 Å². The van der Waals surface area contributed by atoms with Gasteiger partial charge in [-0.1, -0.05) is 5.16 Å². The van der Waals surface area contributed by atoms with Gasteiger partial charge in [-0.05, 0) is 19.1 Å². The number of pyridine rings is 1. The van der Waals surface area contributed by atoms with Crippen molar-refractivity contribution < 1.29 is 9.32 Å². The Balaban J connectivity index is 1.95. The Morgan fingerprint density at radius 3 is 2.94 bits per heavy atom. The number of rotatable bonds is 3. The standard InChI is InChI=1S/C10H11N5O2/c1-6-14-9(17-15-6)5-13-10(16)7-2-3-8(11)12-4-7/h2-4H,5H2,1H3,(H2,11,12)(H,13,16). The summed E-state index contributed by atoms with van der Waals surface area (Å²) < 4.78 is 4.86. The highest BCUT2D eigenvalue weighted by Gasteiger charge is 2.08. The van der Waals surface area contributed by atoms with E-state index in [1.807, 2.05) is 0 Å². The summed E-state index contributed by atoms with van der Waals surface area (Å²) in [5, 5.41) is 6.24. The third kappa shape index (κ3) is 2.77. The summed E-state index contributed by atoms with van der Waals surface area (Å²) in [4.78, 5) is 19.4. The third-order valence-electron chi connectivity index (χ3n) is 2.02. The van der Waals surface area contributed by atoms with E-state index in [0.29, 0.717) is 23.1 Å². The molecular weight excluding hydrogens is 222 g/mol. The Kier molecular flexibility index (Phi) is 2.99. The molecule has 0 aromatic carbocycles. The minimum Gasteiger partial charge on any atom is -0.384 e. The molecule has 7 heteroatoms. The van der Waals surface area contributed by atoms with Crippen LogP contribution in [0.25, 0.3) is 0 Å². The van der Waals surface area contributed by atoms with E-state index in [9.17, 15) is 4.79 Å². The molecule has 2 rings (SSSR count). The predicted molar refractivity (Wildman–Crippen MR) is 58.9 cm³/mol. The van der Waals surface area contributed by atoms with Crippen molar-refractivity contribution in [3.8, 4) is 0 Å². The van der Waals surface area contributed by atoms with E-state index in [4.69, 9.17) is 10.3 Å². The van der Waals surface area contributed by atoms with Crippen LogP contribution in [0.3, 0.4) is 0 Å². The molecule has 0 saturated carbocycles. The first-order valence-corrected chi connectivity index (χ1v) is 4.94. The number of aryl methyl sites for hydroxylation is 1. The molecule has 0 bridgehead atoms. The molecule has 7 nitrogen and oxygen atoms in total. The molecule has 2 aromatic heterocycles. The molecule has 0 aliphatic heterocycles. The highest BCUT2D eigenvalue weighted by atomic mass is 16.5. The highest BCUT2D eigenvalue weighted by Crippen LogP contribution is 2.02. The number of carbonyl (C=O) groups is 1. The van der Waals surface area contributed by atoms with Crippen molar-refractivity contribution in [1.82, 2.24) is 20.4 Å². The van der Waals surface area contributed by atoms with Crippen LogP contribution in [0.2, 0.25) is 0 Å². The molecule has 0 fully saturated rings. The molecule has 2 heterocycles. The van der Waals surface area contributed by atoms with Gasteiger partial charge in [0.1, 0.15) is 5.82 Å². The zero-order valence-corrected chi connectivity index (χ0v) is 9.17. The molecule has 88 valence electrons. The maximum Gasteiger partial charge on any atom is 0.253 e. The number of carbonyl (C=O) groups excluding carboxylic acids is 1. The average Bonchev–Trinajstić information content (AvgIpc) is 2.73. The van der Waals surface area contributed by atoms with Crippen LogP contribution in [-0.4, -0.2) is 21.0 Å². The molecule has 0 radical (unpaired) electrons. The minimum absolute atomic E-state index is 0.185. The van der Waals surface area contributed by atoms with E-state index in [1.54, 1.807) is 19.1 Å². The first kappa shape index (κ1) is 11.1. The van der Waals surface area contributed by atoms with Crippen molar-refractivity contribution in [2.75, 3.05) is 5.73 Å². The van der Waals surface area contributed by atoms with Crippen LogP contribution in [0, 0.1) is 6.92 Å². The highest BCUT2D eigenvalue weighted by molar-refractivity contribution is 5.93. The van der Waals surface area contributed by atoms with Crippen LogP contribution in [-0.2, 0) is 6.54 Å². The molecule has 1 amide bonds. The Labute approximate surface area is 97.0 Å². The van der Waals surface area contributed by atoms with Gasteiger partial charge in [-0.3, -0.25) is 4.79 Å². The second-order valence-electron chi connectivity index (χ2n) is 3.39. The molecule has 3 N–H and O–H groups in total. The number of nitrogens with zero attached hydrogens (tertiary/aromatic N) is 3. The zero-order chi connectivity index (χ0) is 12.3. The molecule has 0 saturated heterocycles. The lowest BCUT2D eigenvalue weighted by Crippen LogP contribution is -2.23. The number of hydrogen-bond acceptors (Lipinski definition) is 6.